The van der Waals surface area contributed by atoms with Gasteiger partial charge in [0.2, 0.25) is 5.91 Å². The number of hydrogen-bond donors (Lipinski definition) is 2. The Labute approximate surface area is 162 Å². The molecule has 0 bridgehead atoms. The van der Waals surface area contributed by atoms with Crippen LogP contribution in [0.15, 0.2) is 23.8 Å². The monoisotopic (exact) mass is 371 g/mol. The molecule has 1 aromatic carbocycles. The normalized spacial score (nSPS) is 26.1. The summed E-state index contributed by atoms with van der Waals surface area (Å²) in [7, 11) is 0. The fourth-order valence-electron chi connectivity index (χ4n) is 5.26. The molecule has 1 aliphatic carbocycles. The number of allylic oxidation sites excluding steroid dienone is 2. The molecule has 1 amide bonds. The van der Waals surface area contributed by atoms with Crippen molar-refractivity contribution in [1.82, 2.24) is 4.90 Å². The number of likely N-dealkylation sites (tertiary alicyclic amines) is 1. The van der Waals surface area contributed by atoms with Crippen LogP contribution >= 0.6 is 0 Å². The summed E-state index contributed by atoms with van der Waals surface area (Å²) in [6.07, 6.45) is 4.08. The minimum absolute atomic E-state index is 0.0414. The van der Waals surface area contributed by atoms with Crippen LogP contribution in [0, 0.1) is 23.7 Å². The Morgan fingerprint density at radius 1 is 1.22 bits per heavy atom. The van der Waals surface area contributed by atoms with E-state index in [1.807, 2.05) is 17.0 Å². The maximum absolute atomic E-state index is 11.3. The van der Waals surface area contributed by atoms with E-state index in [1.165, 1.54) is 5.57 Å². The summed E-state index contributed by atoms with van der Waals surface area (Å²) in [5.74, 6) is 2.33. The lowest BCUT2D eigenvalue weighted by atomic mass is 9.66. The van der Waals surface area contributed by atoms with Gasteiger partial charge in [-0.1, -0.05) is 32.4 Å². The SMILES string of the molecule is CC(=O)N1CC(Cc2cc(O)c(C3C=C(C)CC(C)C3C(C)C)c(O)c2)C1. The first-order valence-corrected chi connectivity index (χ1v) is 10.1. The van der Waals surface area contributed by atoms with Crippen LogP contribution in [-0.4, -0.2) is 34.1 Å². The molecule has 0 aromatic heterocycles. The van der Waals surface area contributed by atoms with Crippen LogP contribution in [0.1, 0.15) is 58.1 Å². The number of aromatic hydroxyl groups is 2. The van der Waals surface area contributed by atoms with Crippen molar-refractivity contribution in [3.05, 3.63) is 34.9 Å². The maximum atomic E-state index is 11.3. The highest BCUT2D eigenvalue weighted by molar-refractivity contribution is 5.74. The van der Waals surface area contributed by atoms with Crippen molar-refractivity contribution >= 4 is 5.91 Å². The van der Waals surface area contributed by atoms with Crippen molar-refractivity contribution < 1.29 is 15.0 Å². The third-order valence-electron chi connectivity index (χ3n) is 6.41. The fraction of sp³-hybridized carbons (Fsp3) is 0.609. The van der Waals surface area contributed by atoms with Gasteiger partial charge in [-0.2, -0.15) is 0 Å². The molecule has 0 spiro atoms. The summed E-state index contributed by atoms with van der Waals surface area (Å²) in [5, 5.41) is 21.6. The molecular formula is C23H33NO3. The zero-order chi connectivity index (χ0) is 19.9. The number of phenols is 2. The first-order valence-electron chi connectivity index (χ1n) is 10.1. The Bertz CT molecular complexity index is 723. The number of phenolic OH excluding ortho intramolecular Hbond substituents is 2. The number of carbonyl (C=O) groups excluding carboxylic acids is 1. The van der Waals surface area contributed by atoms with Gasteiger partial charge in [0.15, 0.2) is 0 Å². The van der Waals surface area contributed by atoms with Crippen LogP contribution in [0.25, 0.3) is 0 Å². The molecule has 3 rings (SSSR count). The van der Waals surface area contributed by atoms with Crippen molar-refractivity contribution in [3.8, 4) is 11.5 Å². The third kappa shape index (κ3) is 3.99. The Kier molecular flexibility index (Phi) is 5.55. The first-order chi connectivity index (χ1) is 12.7. The van der Waals surface area contributed by atoms with Gasteiger partial charge in [-0.25, -0.2) is 0 Å². The molecule has 3 unspecified atom stereocenters. The van der Waals surface area contributed by atoms with Crippen molar-refractivity contribution in [1.29, 1.82) is 0 Å². The lowest BCUT2D eigenvalue weighted by molar-refractivity contribution is -0.134. The van der Waals surface area contributed by atoms with E-state index in [9.17, 15) is 15.0 Å². The van der Waals surface area contributed by atoms with Gasteiger partial charge in [0.25, 0.3) is 0 Å². The van der Waals surface area contributed by atoms with Gasteiger partial charge in [0.1, 0.15) is 11.5 Å². The molecule has 1 saturated heterocycles. The fourth-order valence-corrected chi connectivity index (χ4v) is 5.26. The zero-order valence-electron chi connectivity index (χ0n) is 17.2. The van der Waals surface area contributed by atoms with Crippen molar-refractivity contribution in [3.63, 3.8) is 0 Å². The number of nitrogens with zero attached hydrogens (tertiary/aromatic N) is 1. The summed E-state index contributed by atoms with van der Waals surface area (Å²) in [6, 6.07) is 3.62. The summed E-state index contributed by atoms with van der Waals surface area (Å²) in [6.45, 7) is 12.0. The van der Waals surface area contributed by atoms with Crippen LogP contribution < -0.4 is 0 Å². The lowest BCUT2D eigenvalue weighted by Gasteiger charge is -2.39. The van der Waals surface area contributed by atoms with E-state index in [0.717, 1.165) is 31.5 Å². The number of rotatable bonds is 4. The van der Waals surface area contributed by atoms with Crippen LogP contribution in [0.2, 0.25) is 0 Å². The molecule has 0 saturated carbocycles. The Hall–Kier alpha value is -1.97. The highest BCUT2D eigenvalue weighted by Crippen LogP contribution is 2.49. The molecule has 1 aliphatic heterocycles. The minimum atomic E-state index is 0.0414. The Morgan fingerprint density at radius 3 is 2.33 bits per heavy atom. The molecule has 1 heterocycles. The van der Waals surface area contributed by atoms with Gasteiger partial charge >= 0.3 is 0 Å². The molecule has 148 valence electrons. The predicted octanol–water partition coefficient (Wildman–Crippen LogP) is 4.46. The molecule has 27 heavy (non-hydrogen) atoms. The second-order valence-electron chi connectivity index (χ2n) is 9.08. The van der Waals surface area contributed by atoms with Gasteiger partial charge in [0, 0.05) is 31.5 Å². The van der Waals surface area contributed by atoms with Gasteiger partial charge in [-0.3, -0.25) is 4.79 Å². The van der Waals surface area contributed by atoms with Crippen molar-refractivity contribution in [2.45, 2.75) is 53.4 Å². The van der Waals surface area contributed by atoms with Gasteiger partial charge in [-0.15, -0.1) is 0 Å². The minimum Gasteiger partial charge on any atom is -0.507 e. The molecule has 0 radical (unpaired) electrons. The van der Waals surface area contributed by atoms with Gasteiger partial charge < -0.3 is 15.1 Å². The van der Waals surface area contributed by atoms with Crippen LogP contribution in [0.5, 0.6) is 11.5 Å². The molecule has 2 N–H and O–H groups in total. The van der Waals surface area contributed by atoms with E-state index in [0.29, 0.717) is 29.2 Å². The number of benzene rings is 1. The standard InChI is InChI=1S/C23H33NO3/c1-13(2)22-15(4)6-14(3)7-19(22)23-20(26)9-17(10-21(23)27)8-18-11-24(12-18)16(5)25/h7,9-10,13,15,18-19,22,26-27H,6,8,11-12H2,1-5H3. The van der Waals surface area contributed by atoms with E-state index in [-0.39, 0.29) is 23.3 Å². The van der Waals surface area contributed by atoms with Crippen LogP contribution in [0.3, 0.4) is 0 Å². The largest absolute Gasteiger partial charge is 0.507 e. The number of carbonyl (C=O) groups is 1. The van der Waals surface area contributed by atoms with Crippen LogP contribution in [-0.2, 0) is 11.2 Å². The highest BCUT2D eigenvalue weighted by atomic mass is 16.3. The topological polar surface area (TPSA) is 60.8 Å². The molecule has 1 fully saturated rings. The summed E-state index contributed by atoms with van der Waals surface area (Å²) < 4.78 is 0. The molecular weight excluding hydrogens is 338 g/mol. The van der Waals surface area contributed by atoms with E-state index in [2.05, 4.69) is 33.8 Å². The Morgan fingerprint density at radius 2 is 1.81 bits per heavy atom. The molecule has 1 aromatic rings. The smallest absolute Gasteiger partial charge is 0.219 e. The zero-order valence-corrected chi connectivity index (χ0v) is 17.2. The summed E-state index contributed by atoms with van der Waals surface area (Å²) >= 11 is 0. The summed E-state index contributed by atoms with van der Waals surface area (Å²) in [4.78, 5) is 13.2. The molecule has 3 atom stereocenters. The van der Waals surface area contributed by atoms with Gasteiger partial charge in [0.05, 0.1) is 0 Å². The van der Waals surface area contributed by atoms with Crippen molar-refractivity contribution in [2.75, 3.05) is 13.1 Å². The average molecular weight is 372 g/mol. The van der Waals surface area contributed by atoms with Gasteiger partial charge in [-0.05, 0) is 61.1 Å². The highest BCUT2D eigenvalue weighted by Gasteiger charge is 2.36. The maximum Gasteiger partial charge on any atom is 0.219 e. The van der Waals surface area contributed by atoms with E-state index < -0.39 is 0 Å². The Balaban J connectivity index is 1.84. The molecule has 4 nitrogen and oxygen atoms in total. The average Bonchev–Trinajstić information content (AvgIpc) is 2.48. The molecule has 2 aliphatic rings. The second kappa shape index (κ2) is 7.57. The number of amides is 1. The van der Waals surface area contributed by atoms with Crippen molar-refractivity contribution in [2.24, 2.45) is 23.7 Å². The summed E-state index contributed by atoms with van der Waals surface area (Å²) in [5.41, 5.74) is 2.93. The van der Waals surface area contributed by atoms with E-state index in [4.69, 9.17) is 0 Å². The molecule has 4 heteroatoms. The van der Waals surface area contributed by atoms with Crippen LogP contribution in [0.4, 0.5) is 0 Å². The first kappa shape index (κ1) is 19.8. The van der Waals surface area contributed by atoms with E-state index >= 15 is 0 Å². The predicted molar refractivity (Wildman–Crippen MR) is 108 cm³/mol. The van der Waals surface area contributed by atoms with E-state index in [1.54, 1.807) is 6.92 Å². The lowest BCUT2D eigenvalue weighted by Crippen LogP contribution is -2.49. The quantitative estimate of drug-likeness (QED) is 0.768. The number of hydrogen-bond acceptors (Lipinski definition) is 3. The second-order valence-corrected chi connectivity index (χ2v) is 9.08. The third-order valence-corrected chi connectivity index (χ3v) is 6.41.